The van der Waals surface area contributed by atoms with Gasteiger partial charge in [-0.15, -0.1) is 11.3 Å². The number of thiophene rings is 1. The third-order valence-electron chi connectivity index (χ3n) is 9.22. The Bertz CT molecular complexity index is 2320. The molecule has 2 aromatic carbocycles. The summed E-state index contributed by atoms with van der Waals surface area (Å²) in [5.74, 6) is 1.70. The van der Waals surface area contributed by atoms with Crippen LogP contribution >= 0.6 is 22.9 Å². The van der Waals surface area contributed by atoms with Crippen LogP contribution in [0.3, 0.4) is 0 Å². The van der Waals surface area contributed by atoms with Crippen molar-refractivity contribution in [2.75, 3.05) is 53.0 Å². The molecule has 1 aliphatic heterocycles. The summed E-state index contributed by atoms with van der Waals surface area (Å²) in [5.41, 5.74) is 3.27. The first-order valence-electron chi connectivity index (χ1n) is 17.7. The molecule has 4 aromatic heterocycles. The Labute approximate surface area is 333 Å². The van der Waals surface area contributed by atoms with Crippen molar-refractivity contribution in [3.05, 3.63) is 95.0 Å². The molecule has 5 heterocycles. The molecular formula is C39H37ClF4N6O6S. The number of furan rings is 1. The van der Waals surface area contributed by atoms with Crippen molar-refractivity contribution in [3.63, 3.8) is 0 Å². The first-order valence-corrected chi connectivity index (χ1v) is 18.9. The van der Waals surface area contributed by atoms with E-state index in [4.69, 9.17) is 39.8 Å². The number of benzene rings is 2. The number of likely N-dealkylation sites (N-methyl/N-ethyl adjacent to an activating group) is 1. The predicted octanol–water partition coefficient (Wildman–Crippen LogP) is 7.72. The molecule has 1 aliphatic rings. The van der Waals surface area contributed by atoms with Crippen molar-refractivity contribution in [2.45, 2.75) is 32.7 Å². The molecule has 0 radical (unpaired) electrons. The molecule has 7 rings (SSSR count). The molecule has 1 saturated heterocycles. The molecule has 12 nitrogen and oxygen atoms in total. The van der Waals surface area contributed by atoms with Crippen LogP contribution in [0.2, 0.25) is 5.02 Å². The van der Waals surface area contributed by atoms with Gasteiger partial charge < -0.3 is 23.5 Å². The Morgan fingerprint density at radius 3 is 2.46 bits per heavy atom. The molecular weight excluding hydrogens is 792 g/mol. The number of aromatic nitrogens is 4. The van der Waals surface area contributed by atoms with E-state index in [0.29, 0.717) is 67.5 Å². The number of hydrogen-bond donors (Lipinski definition) is 0. The maximum Gasteiger partial charge on any atom is 0.408 e. The Morgan fingerprint density at radius 1 is 0.947 bits per heavy atom. The van der Waals surface area contributed by atoms with Gasteiger partial charge in [-0.3, -0.25) is 9.58 Å². The third kappa shape index (κ3) is 10.4. The van der Waals surface area contributed by atoms with Crippen molar-refractivity contribution in [1.82, 2.24) is 29.5 Å². The van der Waals surface area contributed by atoms with Crippen LogP contribution in [-0.2, 0) is 29.2 Å². The lowest BCUT2D eigenvalue weighted by atomic mass is 9.97. The van der Waals surface area contributed by atoms with Gasteiger partial charge in [0, 0.05) is 57.0 Å². The molecule has 0 atom stereocenters. The van der Waals surface area contributed by atoms with E-state index in [2.05, 4.69) is 31.9 Å². The fourth-order valence-corrected chi connectivity index (χ4v) is 7.67. The molecule has 0 saturated carbocycles. The number of rotatable bonds is 14. The van der Waals surface area contributed by atoms with Gasteiger partial charge in [-0.2, -0.15) is 32.2 Å². The second-order valence-electron chi connectivity index (χ2n) is 13.0. The van der Waals surface area contributed by atoms with Crippen molar-refractivity contribution in [2.24, 2.45) is 0 Å². The molecule has 6 aromatic rings. The van der Waals surface area contributed by atoms with Gasteiger partial charge in [-0.1, -0.05) is 35.9 Å². The van der Waals surface area contributed by atoms with Gasteiger partial charge in [0.05, 0.1) is 27.6 Å². The third-order valence-corrected chi connectivity index (χ3v) is 10.8. The largest absolute Gasteiger partial charge is 0.491 e. The monoisotopic (exact) mass is 828 g/mol. The Morgan fingerprint density at radius 2 is 1.72 bits per heavy atom. The van der Waals surface area contributed by atoms with Gasteiger partial charge in [0.1, 0.15) is 48.2 Å². The van der Waals surface area contributed by atoms with Gasteiger partial charge in [0.2, 0.25) is 5.88 Å². The summed E-state index contributed by atoms with van der Waals surface area (Å²) < 4.78 is 78.0. The van der Waals surface area contributed by atoms with Crippen LogP contribution in [0.5, 0.6) is 17.4 Å². The second-order valence-corrected chi connectivity index (χ2v) is 14.4. The van der Waals surface area contributed by atoms with Gasteiger partial charge in [0.25, 0.3) is 6.01 Å². The highest BCUT2D eigenvalue weighted by atomic mass is 35.5. The minimum atomic E-state index is -4.41. The second kappa shape index (κ2) is 18.7. The maximum absolute atomic E-state index is 14.2. The summed E-state index contributed by atoms with van der Waals surface area (Å²) in [5, 5.41) is 4.85. The van der Waals surface area contributed by atoms with Gasteiger partial charge in [0.15, 0.2) is 0 Å². The number of fused-ring (bicyclic) bond motifs is 1. The molecule has 0 bridgehead atoms. The number of hydrogen-bond acceptors (Lipinski definition) is 12. The number of carbonyl (C=O) groups excluding carboxylic acids is 2. The summed E-state index contributed by atoms with van der Waals surface area (Å²) in [7, 11) is 2.12. The van der Waals surface area contributed by atoms with E-state index < -0.39 is 18.7 Å². The van der Waals surface area contributed by atoms with E-state index in [-0.39, 0.29) is 19.4 Å². The van der Waals surface area contributed by atoms with E-state index in [1.807, 2.05) is 31.2 Å². The van der Waals surface area contributed by atoms with Crippen LogP contribution in [0.25, 0.3) is 32.0 Å². The minimum Gasteiger partial charge on any atom is -0.491 e. The van der Waals surface area contributed by atoms with Crippen molar-refractivity contribution in [1.29, 1.82) is 0 Å². The number of para-hydroxylation sites is 1. The van der Waals surface area contributed by atoms with Gasteiger partial charge >= 0.3 is 12.3 Å². The van der Waals surface area contributed by atoms with E-state index in [1.54, 1.807) is 18.2 Å². The topological polar surface area (TPSA) is 125 Å². The van der Waals surface area contributed by atoms with Crippen molar-refractivity contribution in [3.8, 4) is 39.1 Å². The average Bonchev–Trinajstić information content (AvgIpc) is 3.92. The summed E-state index contributed by atoms with van der Waals surface area (Å²) in [6.07, 6.45) is -1.05. The summed E-state index contributed by atoms with van der Waals surface area (Å²) in [4.78, 5) is 31.2. The number of piperazine rings is 1. The van der Waals surface area contributed by atoms with Crippen LogP contribution in [0.1, 0.15) is 16.8 Å². The quantitative estimate of drug-likeness (QED) is 0.100. The van der Waals surface area contributed by atoms with Gasteiger partial charge in [-0.05, 0) is 54.9 Å². The van der Waals surface area contributed by atoms with Crippen LogP contribution in [0, 0.1) is 12.9 Å². The molecule has 300 valence electrons. The molecule has 0 unspecified atom stereocenters. The SMILES string of the molecule is Cc1c(-c2c(-c3ccc(F)o3)sc3ncnc(OCCc4ccccc4OCc4ccnn4CC(F)(F)F)c23)ccc(OCCN2CCN(C)CC2)c1Cl.O=C=O. The highest BCUT2D eigenvalue weighted by Crippen LogP contribution is 2.49. The van der Waals surface area contributed by atoms with Crippen LogP contribution in [0.15, 0.2) is 71.5 Å². The van der Waals surface area contributed by atoms with Crippen molar-refractivity contribution >= 4 is 39.3 Å². The number of alkyl halides is 3. The Hall–Kier alpha value is -5.32. The van der Waals surface area contributed by atoms with Crippen LogP contribution in [0.4, 0.5) is 17.6 Å². The molecule has 0 spiro atoms. The standard InChI is InChI=1S/C38H37ClF4N6O4S.CO2/c1-24-27(7-8-29(34(24)39)50-20-18-48-16-14-47(2)15-17-48)32-33-36(44-23-45-37(33)54-35(32)30-9-10-31(40)53-30)51-19-12-25-5-3-4-6-28(25)52-21-26-11-13-46-49(26)22-38(41,42)43;2-1-3/h3-11,13,23H,12,14-22H2,1-2H3;. The Kier molecular flexibility index (Phi) is 13.6. The summed E-state index contributed by atoms with van der Waals surface area (Å²) in [6.45, 7) is 6.07. The zero-order chi connectivity index (χ0) is 40.5. The summed E-state index contributed by atoms with van der Waals surface area (Å²) >= 11 is 8.27. The predicted molar refractivity (Wildman–Crippen MR) is 203 cm³/mol. The molecule has 1 fully saturated rings. The zero-order valence-corrected chi connectivity index (χ0v) is 32.4. The zero-order valence-electron chi connectivity index (χ0n) is 30.9. The van der Waals surface area contributed by atoms with E-state index in [0.717, 1.165) is 54.1 Å². The average molecular weight is 829 g/mol. The lowest BCUT2D eigenvalue weighted by Crippen LogP contribution is -2.45. The number of halogens is 5. The fourth-order valence-electron chi connectivity index (χ4n) is 6.34. The maximum atomic E-state index is 14.2. The summed E-state index contributed by atoms with van der Waals surface area (Å²) in [6, 6.07) is 14.6. The number of nitrogens with zero attached hydrogens (tertiary/aromatic N) is 6. The molecule has 57 heavy (non-hydrogen) atoms. The smallest absolute Gasteiger partial charge is 0.408 e. The first kappa shape index (κ1) is 41.3. The van der Waals surface area contributed by atoms with Gasteiger partial charge in [-0.25, -0.2) is 9.97 Å². The van der Waals surface area contributed by atoms with Crippen LogP contribution in [-0.4, -0.2) is 94.9 Å². The lowest BCUT2D eigenvalue weighted by Gasteiger charge is -2.32. The van der Waals surface area contributed by atoms with Crippen molar-refractivity contribution < 1.29 is 45.8 Å². The lowest BCUT2D eigenvalue weighted by molar-refractivity contribution is -0.191. The molecule has 18 heteroatoms. The molecule has 0 N–H and O–H groups in total. The normalized spacial score (nSPS) is 13.6. The highest BCUT2D eigenvalue weighted by Gasteiger charge is 2.30. The fraction of sp³-hybridized carbons (Fsp3) is 0.333. The van der Waals surface area contributed by atoms with E-state index in [1.165, 1.54) is 36.0 Å². The van der Waals surface area contributed by atoms with E-state index >= 15 is 0 Å². The molecule has 0 amide bonds. The number of ether oxygens (including phenoxy) is 3. The first-order chi connectivity index (χ1) is 27.5. The minimum absolute atomic E-state index is 0.100. The molecule has 0 aliphatic carbocycles. The highest BCUT2D eigenvalue weighted by molar-refractivity contribution is 7.22. The van der Waals surface area contributed by atoms with E-state index in [9.17, 15) is 17.6 Å². The van der Waals surface area contributed by atoms with Crippen LogP contribution < -0.4 is 14.2 Å². The Balaban J connectivity index is 0.00000177.